The summed E-state index contributed by atoms with van der Waals surface area (Å²) in [5, 5.41) is 3.42. The first-order valence-corrected chi connectivity index (χ1v) is 10.5. The van der Waals surface area contributed by atoms with Gasteiger partial charge in [-0.3, -0.25) is 0 Å². The number of halogens is 1. The molecule has 0 unspecified atom stereocenters. The standard InChI is InChI=1S/C21H31N7.ClH.4H3N.4H2/c1-26(2)18-11-9-10-17(16-18)22-19-23-20(27-12-5-3-6-13-27)25-21(24-19)28-14-7-4-8-15-28;;;;;;;;;/h9-11,16H,3-8,12-15H2,1-2H3,(H,22,23,24,25);1H;4*1H3;4*1H. The Morgan fingerprint density at radius 1 is 0.758 bits per heavy atom. The van der Waals surface area contributed by atoms with Crippen molar-refractivity contribution in [2.24, 2.45) is 0 Å². The number of piperidine rings is 2. The molecule has 13 N–H and O–H groups in total. The molecular weight excluding hydrogens is 442 g/mol. The van der Waals surface area contributed by atoms with Gasteiger partial charge in [-0.05, 0) is 56.7 Å². The van der Waals surface area contributed by atoms with Gasteiger partial charge in [-0.25, -0.2) is 0 Å². The van der Waals surface area contributed by atoms with Crippen molar-refractivity contribution in [2.75, 3.05) is 60.3 Å². The first kappa shape index (κ1) is 32.7. The summed E-state index contributed by atoms with van der Waals surface area (Å²) in [7, 11) is 4.09. The van der Waals surface area contributed by atoms with Crippen LogP contribution in [-0.2, 0) is 0 Å². The number of hydrogen-bond acceptors (Lipinski definition) is 11. The molecule has 2 aromatic rings. The second-order valence-electron chi connectivity index (χ2n) is 7.92. The van der Waals surface area contributed by atoms with Crippen LogP contribution in [-0.4, -0.2) is 55.2 Å². The second-order valence-corrected chi connectivity index (χ2v) is 7.92. The van der Waals surface area contributed by atoms with Crippen molar-refractivity contribution in [3.8, 4) is 0 Å². The molecule has 2 fully saturated rings. The summed E-state index contributed by atoms with van der Waals surface area (Å²) in [6.07, 6.45) is 7.42. The second kappa shape index (κ2) is 15.4. The van der Waals surface area contributed by atoms with E-state index in [1.807, 2.05) is 14.1 Å². The van der Waals surface area contributed by atoms with Gasteiger partial charge in [-0.15, -0.1) is 12.4 Å². The Kier molecular flexibility index (Phi) is 15.3. The highest BCUT2D eigenvalue weighted by atomic mass is 35.5. The summed E-state index contributed by atoms with van der Waals surface area (Å²) in [4.78, 5) is 21.1. The lowest BCUT2D eigenvalue weighted by Gasteiger charge is -2.30. The first-order chi connectivity index (χ1) is 13.7. The molecule has 3 heterocycles. The zero-order valence-electron chi connectivity index (χ0n) is 20.3. The molecule has 1 aromatic heterocycles. The van der Waals surface area contributed by atoms with Gasteiger partial charge in [0.15, 0.2) is 0 Å². The Hall–Kier alpha value is -2.44. The minimum Gasteiger partial charge on any atom is -0.378 e. The van der Waals surface area contributed by atoms with E-state index in [9.17, 15) is 0 Å². The summed E-state index contributed by atoms with van der Waals surface area (Å²) in [5.74, 6) is 2.25. The highest BCUT2D eigenvalue weighted by molar-refractivity contribution is 5.85. The van der Waals surface area contributed by atoms with Gasteiger partial charge in [0.1, 0.15) is 0 Å². The molecule has 12 heteroatoms. The minimum atomic E-state index is 0. The topological polar surface area (TPSA) is 200 Å². The number of nitrogens with one attached hydrogen (secondary N) is 1. The molecule has 198 valence electrons. The monoisotopic (exact) mass is 493 g/mol. The van der Waals surface area contributed by atoms with Gasteiger partial charge in [-0.2, -0.15) is 15.0 Å². The molecule has 0 spiro atoms. The Balaban J connectivity index is -0.000000267. The van der Waals surface area contributed by atoms with Gasteiger partial charge in [0.05, 0.1) is 0 Å². The lowest BCUT2D eigenvalue weighted by atomic mass is 10.1. The van der Waals surface area contributed by atoms with E-state index in [2.05, 4.69) is 44.3 Å². The third kappa shape index (κ3) is 8.45. The minimum absolute atomic E-state index is 0. The van der Waals surface area contributed by atoms with Crippen LogP contribution in [0.25, 0.3) is 0 Å². The predicted octanol–water partition coefficient (Wildman–Crippen LogP) is 5.72. The van der Waals surface area contributed by atoms with E-state index < -0.39 is 0 Å². The Morgan fingerprint density at radius 3 is 1.70 bits per heavy atom. The van der Waals surface area contributed by atoms with Gasteiger partial charge in [0.25, 0.3) is 0 Å². The van der Waals surface area contributed by atoms with Crippen molar-refractivity contribution in [1.82, 2.24) is 39.6 Å². The highest BCUT2D eigenvalue weighted by Gasteiger charge is 2.20. The summed E-state index contributed by atoms with van der Waals surface area (Å²) < 4.78 is 0. The normalized spacial score (nSPS) is 14.8. The van der Waals surface area contributed by atoms with Crippen LogP contribution in [0, 0.1) is 0 Å². The summed E-state index contributed by atoms with van der Waals surface area (Å²) in [6, 6.07) is 8.32. The van der Waals surface area contributed by atoms with Crippen LogP contribution in [0.3, 0.4) is 0 Å². The van der Waals surface area contributed by atoms with Crippen LogP contribution in [0.5, 0.6) is 0 Å². The molecule has 1 aromatic carbocycles. The van der Waals surface area contributed by atoms with Crippen molar-refractivity contribution >= 4 is 41.6 Å². The average molecular weight is 494 g/mol. The molecular formula is C21H52ClN11. The average Bonchev–Trinajstić information content (AvgIpc) is 2.75. The Bertz CT molecular complexity index is 776. The van der Waals surface area contributed by atoms with Crippen LogP contribution in [0.4, 0.5) is 29.2 Å². The van der Waals surface area contributed by atoms with E-state index in [-0.39, 0.29) is 42.7 Å². The number of benzene rings is 1. The van der Waals surface area contributed by atoms with Crippen molar-refractivity contribution in [1.29, 1.82) is 0 Å². The third-order valence-corrected chi connectivity index (χ3v) is 5.51. The molecule has 2 saturated heterocycles. The van der Waals surface area contributed by atoms with Crippen LogP contribution < -0.4 is 44.6 Å². The van der Waals surface area contributed by atoms with E-state index in [1.165, 1.54) is 38.5 Å². The zero-order valence-corrected chi connectivity index (χ0v) is 21.1. The molecule has 11 nitrogen and oxygen atoms in total. The van der Waals surface area contributed by atoms with E-state index in [0.717, 1.165) is 49.5 Å². The van der Waals surface area contributed by atoms with Crippen LogP contribution in [0.15, 0.2) is 24.3 Å². The maximum atomic E-state index is 4.85. The van der Waals surface area contributed by atoms with E-state index in [1.54, 1.807) is 0 Å². The molecule has 0 radical (unpaired) electrons. The number of nitrogens with zero attached hydrogens (tertiary/aromatic N) is 6. The zero-order chi connectivity index (χ0) is 19.3. The Morgan fingerprint density at radius 2 is 1.24 bits per heavy atom. The lowest BCUT2D eigenvalue weighted by molar-refractivity contribution is 0.556. The fraction of sp³-hybridized carbons (Fsp3) is 0.571. The third-order valence-electron chi connectivity index (χ3n) is 5.51. The molecule has 33 heavy (non-hydrogen) atoms. The number of hydrogen-bond donors (Lipinski definition) is 5. The highest BCUT2D eigenvalue weighted by Crippen LogP contribution is 2.25. The number of rotatable bonds is 5. The van der Waals surface area contributed by atoms with Gasteiger partial charge in [0.2, 0.25) is 17.8 Å². The molecule has 2 aliphatic heterocycles. The summed E-state index contributed by atoms with van der Waals surface area (Å²) >= 11 is 0. The maximum absolute atomic E-state index is 4.85. The molecule has 0 amide bonds. The van der Waals surface area contributed by atoms with Crippen molar-refractivity contribution in [3.05, 3.63) is 24.3 Å². The molecule has 2 aliphatic rings. The predicted molar refractivity (Wildman–Crippen MR) is 152 cm³/mol. The summed E-state index contributed by atoms with van der Waals surface area (Å²) in [5.41, 5.74) is 2.14. The smallest absolute Gasteiger partial charge is 0.233 e. The van der Waals surface area contributed by atoms with Gasteiger partial charge < -0.3 is 44.6 Å². The van der Waals surface area contributed by atoms with Crippen molar-refractivity contribution in [2.45, 2.75) is 38.5 Å². The molecule has 0 bridgehead atoms. The quantitative estimate of drug-likeness (QED) is 0.341. The Labute approximate surface area is 210 Å². The van der Waals surface area contributed by atoms with Crippen LogP contribution >= 0.6 is 12.4 Å². The van der Waals surface area contributed by atoms with Crippen LogP contribution in [0.1, 0.15) is 44.2 Å². The van der Waals surface area contributed by atoms with Crippen molar-refractivity contribution < 1.29 is 5.71 Å². The first-order valence-electron chi connectivity index (χ1n) is 10.5. The van der Waals surface area contributed by atoms with Crippen LogP contribution in [0.2, 0.25) is 0 Å². The SMILES string of the molecule is CN(C)c1cccc(Nc2nc(N3CCCCC3)nc(N3CCCCC3)n2)c1.Cl.N.N.N.N.[HH].[HH].[HH].[HH]. The molecule has 4 rings (SSSR count). The number of aromatic nitrogens is 3. The van der Waals surface area contributed by atoms with Gasteiger partial charge in [0, 0.05) is 57.4 Å². The van der Waals surface area contributed by atoms with Crippen molar-refractivity contribution in [3.63, 3.8) is 0 Å². The lowest BCUT2D eigenvalue weighted by Crippen LogP contribution is -2.34. The van der Waals surface area contributed by atoms with E-state index >= 15 is 0 Å². The fourth-order valence-electron chi connectivity index (χ4n) is 3.87. The van der Waals surface area contributed by atoms with E-state index in [0.29, 0.717) is 5.95 Å². The molecule has 0 aliphatic carbocycles. The largest absolute Gasteiger partial charge is 0.378 e. The fourth-order valence-corrected chi connectivity index (χ4v) is 3.87. The summed E-state index contributed by atoms with van der Waals surface area (Å²) in [6.45, 7) is 4.11. The molecule has 0 saturated carbocycles. The maximum Gasteiger partial charge on any atom is 0.233 e. The van der Waals surface area contributed by atoms with E-state index in [4.69, 9.17) is 15.0 Å². The van der Waals surface area contributed by atoms with Gasteiger partial charge >= 0.3 is 0 Å². The molecule has 0 atom stereocenters. The number of anilines is 5. The van der Waals surface area contributed by atoms with Gasteiger partial charge in [-0.1, -0.05) is 6.07 Å².